The van der Waals surface area contributed by atoms with Gasteiger partial charge in [-0.3, -0.25) is 9.48 Å². The van der Waals surface area contributed by atoms with E-state index in [0.717, 1.165) is 16.6 Å². The number of rotatable bonds is 4. The minimum atomic E-state index is -0.244. The summed E-state index contributed by atoms with van der Waals surface area (Å²) < 4.78 is 2.72. The van der Waals surface area contributed by atoms with Crippen LogP contribution in [-0.4, -0.2) is 21.9 Å². The third kappa shape index (κ3) is 3.75. The number of aromatic nitrogens is 2. The van der Waals surface area contributed by atoms with E-state index in [9.17, 15) is 4.79 Å². The van der Waals surface area contributed by atoms with Crippen LogP contribution in [0, 0.1) is 0 Å². The Hall–Kier alpha value is -1.95. The smallest absolute Gasteiger partial charge is 0.271 e. The quantitative estimate of drug-likeness (QED) is 0.694. The molecule has 6 heteroatoms. The second-order valence-electron chi connectivity index (χ2n) is 3.84. The van der Waals surface area contributed by atoms with Crippen molar-refractivity contribution in [3.8, 4) is 0 Å². The van der Waals surface area contributed by atoms with Crippen molar-refractivity contribution >= 4 is 28.1 Å². The molecule has 1 aromatic carbocycles. The third-order valence-electron chi connectivity index (χ3n) is 2.46. The van der Waals surface area contributed by atoms with E-state index in [2.05, 4.69) is 31.6 Å². The van der Waals surface area contributed by atoms with Crippen molar-refractivity contribution in [3.63, 3.8) is 0 Å². The van der Waals surface area contributed by atoms with Gasteiger partial charge in [-0.2, -0.15) is 10.2 Å². The van der Waals surface area contributed by atoms with Gasteiger partial charge in [0.25, 0.3) is 5.91 Å². The molecule has 2 aromatic rings. The number of benzene rings is 1. The summed E-state index contributed by atoms with van der Waals surface area (Å²) in [4.78, 5) is 11.7. The second-order valence-corrected chi connectivity index (χ2v) is 4.75. The van der Waals surface area contributed by atoms with Crippen molar-refractivity contribution in [2.75, 3.05) is 0 Å². The van der Waals surface area contributed by atoms with Gasteiger partial charge in [0.15, 0.2) is 0 Å². The second kappa shape index (κ2) is 6.29. The van der Waals surface area contributed by atoms with Crippen LogP contribution in [0.4, 0.5) is 0 Å². The lowest BCUT2D eigenvalue weighted by Crippen LogP contribution is -2.17. The summed E-state index contributed by atoms with van der Waals surface area (Å²) in [6.45, 7) is 2.81. The van der Waals surface area contributed by atoms with Crippen LogP contribution in [0.25, 0.3) is 0 Å². The first-order valence-electron chi connectivity index (χ1n) is 5.80. The summed E-state index contributed by atoms with van der Waals surface area (Å²) >= 11 is 3.32. The molecule has 0 atom stereocenters. The van der Waals surface area contributed by atoms with Crippen LogP contribution >= 0.6 is 15.9 Å². The fourth-order valence-electron chi connectivity index (χ4n) is 1.45. The SMILES string of the molecule is CCn1cc(C=NNC(=O)c2ccc(Br)cc2)cn1. The van der Waals surface area contributed by atoms with Crippen LogP contribution in [0.1, 0.15) is 22.8 Å². The Morgan fingerprint density at radius 3 is 2.84 bits per heavy atom. The molecule has 0 aliphatic heterocycles. The first-order valence-corrected chi connectivity index (χ1v) is 6.60. The normalized spacial score (nSPS) is 10.8. The molecule has 98 valence electrons. The minimum absolute atomic E-state index is 0.244. The van der Waals surface area contributed by atoms with E-state index in [4.69, 9.17) is 0 Å². The van der Waals surface area contributed by atoms with Crippen molar-refractivity contribution in [1.29, 1.82) is 0 Å². The highest BCUT2D eigenvalue weighted by Gasteiger charge is 2.02. The molecule has 1 heterocycles. The Morgan fingerprint density at radius 1 is 1.47 bits per heavy atom. The van der Waals surface area contributed by atoms with Gasteiger partial charge in [-0.05, 0) is 31.2 Å². The number of amides is 1. The van der Waals surface area contributed by atoms with Crippen molar-refractivity contribution in [3.05, 3.63) is 52.3 Å². The molecule has 0 aliphatic carbocycles. The Morgan fingerprint density at radius 2 is 2.21 bits per heavy atom. The molecule has 0 spiro atoms. The summed E-state index contributed by atoms with van der Waals surface area (Å²) in [6.07, 6.45) is 5.12. The molecule has 1 aromatic heterocycles. The Bertz CT molecular complexity index is 589. The topological polar surface area (TPSA) is 59.3 Å². The van der Waals surface area contributed by atoms with Gasteiger partial charge in [0.2, 0.25) is 0 Å². The molecule has 2 rings (SSSR count). The monoisotopic (exact) mass is 320 g/mol. The molecule has 0 saturated carbocycles. The number of carbonyl (C=O) groups is 1. The first-order chi connectivity index (χ1) is 9.19. The van der Waals surface area contributed by atoms with E-state index < -0.39 is 0 Å². The van der Waals surface area contributed by atoms with Crippen molar-refractivity contribution in [1.82, 2.24) is 15.2 Å². The predicted octanol–water partition coefficient (Wildman–Crippen LogP) is 2.43. The van der Waals surface area contributed by atoms with Crippen LogP contribution < -0.4 is 5.43 Å². The van der Waals surface area contributed by atoms with Gasteiger partial charge in [-0.25, -0.2) is 5.43 Å². The highest BCUT2D eigenvalue weighted by atomic mass is 79.9. The minimum Gasteiger partial charge on any atom is -0.272 e. The van der Waals surface area contributed by atoms with Crippen LogP contribution in [0.3, 0.4) is 0 Å². The van der Waals surface area contributed by atoms with Crippen LogP contribution in [0.15, 0.2) is 46.2 Å². The molecular weight excluding hydrogens is 308 g/mol. The summed E-state index contributed by atoms with van der Waals surface area (Å²) in [6, 6.07) is 7.07. The van der Waals surface area contributed by atoms with Gasteiger partial charge in [0.05, 0.1) is 12.4 Å². The molecular formula is C13H13BrN4O. The van der Waals surface area contributed by atoms with E-state index >= 15 is 0 Å². The summed E-state index contributed by atoms with van der Waals surface area (Å²) in [7, 11) is 0. The number of halogens is 1. The largest absolute Gasteiger partial charge is 0.272 e. The first kappa shape index (κ1) is 13.5. The van der Waals surface area contributed by atoms with E-state index in [1.165, 1.54) is 0 Å². The number of hydrogen-bond donors (Lipinski definition) is 1. The Labute approximate surface area is 119 Å². The third-order valence-corrected chi connectivity index (χ3v) is 2.99. The van der Waals surface area contributed by atoms with Gasteiger partial charge < -0.3 is 0 Å². The Kier molecular flexibility index (Phi) is 4.46. The average molecular weight is 321 g/mol. The summed E-state index contributed by atoms with van der Waals surface area (Å²) in [5, 5.41) is 8.01. The van der Waals surface area contributed by atoms with Crippen LogP contribution in [-0.2, 0) is 6.54 Å². The number of aryl methyl sites for hydroxylation is 1. The van der Waals surface area contributed by atoms with E-state index in [0.29, 0.717) is 5.56 Å². The predicted molar refractivity (Wildman–Crippen MR) is 77.1 cm³/mol. The van der Waals surface area contributed by atoms with Gasteiger partial charge in [-0.1, -0.05) is 15.9 Å². The molecule has 0 saturated heterocycles. The number of carbonyl (C=O) groups excluding carboxylic acids is 1. The highest BCUT2D eigenvalue weighted by molar-refractivity contribution is 9.10. The maximum absolute atomic E-state index is 11.7. The summed E-state index contributed by atoms with van der Waals surface area (Å²) in [5.41, 5.74) is 3.88. The molecule has 1 N–H and O–H groups in total. The molecule has 0 aliphatic rings. The number of hydrazone groups is 1. The molecule has 0 fully saturated rings. The number of nitrogens with one attached hydrogen (secondary N) is 1. The molecule has 0 unspecified atom stereocenters. The standard InChI is InChI=1S/C13H13BrN4O/c1-2-18-9-10(8-16-18)7-15-17-13(19)11-3-5-12(14)6-4-11/h3-9H,2H2,1H3,(H,17,19). The highest BCUT2D eigenvalue weighted by Crippen LogP contribution is 2.10. The van der Waals surface area contributed by atoms with E-state index in [1.54, 1.807) is 29.2 Å². The Balaban J connectivity index is 1.94. The van der Waals surface area contributed by atoms with Crippen molar-refractivity contribution in [2.45, 2.75) is 13.5 Å². The molecule has 0 bridgehead atoms. The van der Waals surface area contributed by atoms with E-state index in [-0.39, 0.29) is 5.91 Å². The lowest BCUT2D eigenvalue weighted by molar-refractivity contribution is 0.0955. The zero-order chi connectivity index (χ0) is 13.7. The molecule has 0 radical (unpaired) electrons. The number of hydrogen-bond acceptors (Lipinski definition) is 3. The zero-order valence-electron chi connectivity index (χ0n) is 10.4. The van der Waals surface area contributed by atoms with Gasteiger partial charge in [0.1, 0.15) is 0 Å². The van der Waals surface area contributed by atoms with Gasteiger partial charge in [-0.15, -0.1) is 0 Å². The lowest BCUT2D eigenvalue weighted by atomic mass is 10.2. The fraction of sp³-hybridized carbons (Fsp3) is 0.154. The van der Waals surface area contributed by atoms with Gasteiger partial charge in [0, 0.05) is 28.3 Å². The van der Waals surface area contributed by atoms with Crippen molar-refractivity contribution in [2.24, 2.45) is 5.10 Å². The molecule has 19 heavy (non-hydrogen) atoms. The maximum atomic E-state index is 11.7. The van der Waals surface area contributed by atoms with Crippen LogP contribution in [0.2, 0.25) is 0 Å². The fourth-order valence-corrected chi connectivity index (χ4v) is 1.71. The summed E-state index contributed by atoms with van der Waals surface area (Å²) in [5.74, 6) is -0.244. The van der Waals surface area contributed by atoms with Crippen molar-refractivity contribution < 1.29 is 4.79 Å². The molecule has 1 amide bonds. The average Bonchev–Trinajstić information content (AvgIpc) is 2.87. The zero-order valence-corrected chi connectivity index (χ0v) is 12.0. The van der Waals surface area contributed by atoms with Gasteiger partial charge >= 0.3 is 0 Å². The maximum Gasteiger partial charge on any atom is 0.271 e. The number of nitrogens with zero attached hydrogens (tertiary/aromatic N) is 3. The van der Waals surface area contributed by atoms with Crippen LogP contribution in [0.5, 0.6) is 0 Å². The lowest BCUT2D eigenvalue weighted by Gasteiger charge is -1.99. The molecule has 5 nitrogen and oxygen atoms in total. The van der Waals surface area contributed by atoms with E-state index in [1.807, 2.05) is 25.3 Å².